The Labute approximate surface area is 160 Å². The number of hydrogen-bond donors (Lipinski definition) is 0. The smallest absolute Gasteiger partial charge is 0.381 e. The highest BCUT2D eigenvalue weighted by Crippen LogP contribution is 2.36. The van der Waals surface area contributed by atoms with Crippen LogP contribution in [-0.2, 0) is 22.1 Å². The van der Waals surface area contributed by atoms with E-state index in [0.29, 0.717) is 50.9 Å². The van der Waals surface area contributed by atoms with Gasteiger partial charge in [-0.3, -0.25) is 4.79 Å². The number of carbonyl (C=O) groups excluding carboxylic acids is 1. The molecule has 6 nitrogen and oxygen atoms in total. The van der Waals surface area contributed by atoms with Gasteiger partial charge in [-0.05, 0) is 31.0 Å². The van der Waals surface area contributed by atoms with Gasteiger partial charge in [0.2, 0.25) is 12.3 Å². The van der Waals surface area contributed by atoms with Crippen LogP contribution in [0.25, 0.3) is 0 Å². The highest BCUT2D eigenvalue weighted by atomic mass is 19.4. The summed E-state index contributed by atoms with van der Waals surface area (Å²) >= 11 is 0. The van der Waals surface area contributed by atoms with Gasteiger partial charge in [-0.1, -0.05) is 17.3 Å². The highest BCUT2D eigenvalue weighted by molar-refractivity contribution is 5.48. The number of likely N-dealkylation sites (tertiary alicyclic amines) is 1. The van der Waals surface area contributed by atoms with Crippen LogP contribution in [0.5, 0.6) is 0 Å². The average molecular weight is 397 g/mol. The minimum atomic E-state index is -4.37. The first-order valence-electron chi connectivity index (χ1n) is 9.17. The first-order chi connectivity index (χ1) is 13.4. The Morgan fingerprint density at radius 2 is 1.96 bits per heavy atom. The second-order valence-electron chi connectivity index (χ2n) is 6.80. The van der Waals surface area contributed by atoms with Crippen LogP contribution in [-0.4, -0.2) is 47.8 Å². The molecule has 1 aromatic carbocycles. The van der Waals surface area contributed by atoms with Gasteiger partial charge in [-0.2, -0.15) is 18.2 Å². The van der Waals surface area contributed by atoms with E-state index in [-0.39, 0.29) is 11.8 Å². The van der Waals surface area contributed by atoms with Crippen LogP contribution in [0, 0.1) is 0 Å². The van der Waals surface area contributed by atoms with Crippen LogP contribution in [0.4, 0.5) is 13.2 Å². The highest BCUT2D eigenvalue weighted by Gasteiger charge is 2.33. The molecular formula is C19H22F3N3O3. The van der Waals surface area contributed by atoms with E-state index in [1.54, 1.807) is 4.90 Å². The Kier molecular flexibility index (Phi) is 6.33. The summed E-state index contributed by atoms with van der Waals surface area (Å²) in [5.74, 6) is 0.706. The van der Waals surface area contributed by atoms with Gasteiger partial charge in [0.15, 0.2) is 5.82 Å². The molecule has 2 atom stereocenters. The molecule has 2 aromatic rings. The third-order valence-electron chi connectivity index (χ3n) is 4.84. The Hall–Kier alpha value is -2.42. The van der Waals surface area contributed by atoms with Crippen molar-refractivity contribution in [2.24, 2.45) is 0 Å². The molecule has 2 heterocycles. The largest absolute Gasteiger partial charge is 0.416 e. The lowest BCUT2D eigenvalue weighted by atomic mass is 9.84. The molecule has 1 saturated heterocycles. The van der Waals surface area contributed by atoms with Crippen molar-refractivity contribution in [1.82, 2.24) is 15.0 Å². The van der Waals surface area contributed by atoms with Gasteiger partial charge in [-0.25, -0.2) is 0 Å². The second-order valence-corrected chi connectivity index (χ2v) is 6.80. The van der Waals surface area contributed by atoms with Crippen molar-refractivity contribution < 1.29 is 27.2 Å². The maximum atomic E-state index is 12.8. The fourth-order valence-corrected chi connectivity index (χ4v) is 3.43. The summed E-state index contributed by atoms with van der Waals surface area (Å²) in [7, 11) is 0. The number of hydrogen-bond acceptors (Lipinski definition) is 5. The molecule has 28 heavy (non-hydrogen) atoms. The zero-order valence-corrected chi connectivity index (χ0v) is 15.5. The van der Waals surface area contributed by atoms with Crippen LogP contribution >= 0.6 is 0 Å². The first-order valence-corrected chi connectivity index (χ1v) is 9.17. The average Bonchev–Trinajstić information content (AvgIpc) is 3.16. The Bertz CT molecular complexity index is 777. The van der Waals surface area contributed by atoms with E-state index < -0.39 is 11.7 Å². The number of halogens is 3. The minimum Gasteiger partial charge on any atom is -0.381 e. The van der Waals surface area contributed by atoms with Crippen molar-refractivity contribution >= 4 is 6.41 Å². The monoisotopic (exact) mass is 397 g/mol. The molecule has 9 heteroatoms. The molecule has 1 amide bonds. The maximum absolute atomic E-state index is 12.8. The predicted octanol–water partition coefficient (Wildman–Crippen LogP) is 3.40. The molecule has 0 radical (unpaired) electrons. The molecule has 0 bridgehead atoms. The summed E-state index contributed by atoms with van der Waals surface area (Å²) in [6, 6.07) is 5.09. The molecular weight excluding hydrogens is 375 g/mol. The molecule has 152 valence electrons. The van der Waals surface area contributed by atoms with E-state index in [1.807, 2.05) is 6.92 Å². The van der Waals surface area contributed by atoms with E-state index in [9.17, 15) is 18.0 Å². The number of piperidine rings is 1. The molecule has 3 rings (SSSR count). The van der Waals surface area contributed by atoms with Crippen LogP contribution in [0.1, 0.15) is 48.0 Å². The first kappa shape index (κ1) is 20.3. The normalized spacial score (nSPS) is 20.4. The van der Waals surface area contributed by atoms with Crippen molar-refractivity contribution in [3.8, 4) is 0 Å². The second kappa shape index (κ2) is 8.72. The van der Waals surface area contributed by atoms with E-state index in [1.165, 1.54) is 12.1 Å². The minimum absolute atomic E-state index is 0.106. The Morgan fingerprint density at radius 1 is 1.25 bits per heavy atom. The van der Waals surface area contributed by atoms with Crippen molar-refractivity contribution in [2.45, 2.75) is 37.8 Å². The van der Waals surface area contributed by atoms with E-state index >= 15 is 0 Å². The molecule has 1 aliphatic heterocycles. The Balaban J connectivity index is 1.73. The molecule has 0 saturated carbocycles. The number of aromatic nitrogens is 2. The summed E-state index contributed by atoms with van der Waals surface area (Å²) in [6.45, 7) is 3.88. The van der Waals surface area contributed by atoms with Gasteiger partial charge < -0.3 is 14.2 Å². The lowest BCUT2D eigenvalue weighted by Gasteiger charge is -2.34. The summed E-state index contributed by atoms with van der Waals surface area (Å²) in [5.41, 5.74) is 0.0623. The summed E-state index contributed by atoms with van der Waals surface area (Å²) in [6.07, 6.45) is -2.48. The lowest BCUT2D eigenvalue weighted by molar-refractivity contribution is -0.137. The van der Waals surface area contributed by atoms with Crippen LogP contribution in [0.3, 0.4) is 0 Å². The van der Waals surface area contributed by atoms with Crippen molar-refractivity contribution in [2.75, 3.05) is 26.3 Å². The number of alkyl halides is 3. The Morgan fingerprint density at radius 3 is 2.61 bits per heavy atom. The maximum Gasteiger partial charge on any atom is 0.416 e. The summed E-state index contributed by atoms with van der Waals surface area (Å²) in [4.78, 5) is 17.4. The fraction of sp³-hybridized carbons (Fsp3) is 0.526. The fourth-order valence-electron chi connectivity index (χ4n) is 3.43. The SMILES string of the molecule is CCOCCc1noc(C2CC(c3ccc(C(F)(F)F)cc3)CN(C=O)C2)n1. The van der Waals surface area contributed by atoms with Gasteiger partial charge in [0, 0.05) is 32.0 Å². The molecule has 1 aliphatic rings. The van der Waals surface area contributed by atoms with Crippen LogP contribution in [0.15, 0.2) is 28.8 Å². The van der Waals surface area contributed by atoms with Crippen molar-refractivity contribution in [3.05, 3.63) is 47.1 Å². The molecule has 2 unspecified atom stereocenters. The molecule has 1 aromatic heterocycles. The van der Waals surface area contributed by atoms with Gasteiger partial charge in [0.1, 0.15) is 0 Å². The number of amides is 1. The predicted molar refractivity (Wildman–Crippen MR) is 93.7 cm³/mol. The van der Waals surface area contributed by atoms with Crippen molar-refractivity contribution in [3.63, 3.8) is 0 Å². The van der Waals surface area contributed by atoms with Crippen molar-refractivity contribution in [1.29, 1.82) is 0 Å². The number of ether oxygens (including phenoxy) is 1. The quantitative estimate of drug-likeness (QED) is 0.529. The van der Waals surface area contributed by atoms with E-state index in [2.05, 4.69) is 10.1 Å². The zero-order chi connectivity index (χ0) is 20.1. The van der Waals surface area contributed by atoms with Gasteiger partial charge in [0.25, 0.3) is 0 Å². The topological polar surface area (TPSA) is 68.5 Å². The van der Waals surface area contributed by atoms with Gasteiger partial charge in [0.05, 0.1) is 18.1 Å². The summed E-state index contributed by atoms with van der Waals surface area (Å²) in [5, 5.41) is 3.95. The molecule has 0 spiro atoms. The van der Waals surface area contributed by atoms with E-state index in [4.69, 9.17) is 9.26 Å². The zero-order valence-electron chi connectivity index (χ0n) is 15.5. The molecule has 1 fully saturated rings. The number of nitrogens with zero attached hydrogens (tertiary/aromatic N) is 3. The molecule has 0 aliphatic carbocycles. The standard InChI is InChI=1S/C19H22F3N3O3/c1-2-27-8-7-17-23-18(28-24-17)15-9-14(10-25(11-15)12-26)13-3-5-16(6-4-13)19(20,21)22/h3-6,12,14-15H,2,7-11H2,1H3. The number of carbonyl (C=O) groups is 1. The lowest BCUT2D eigenvalue weighted by Crippen LogP contribution is -2.37. The van der Waals surface area contributed by atoms with E-state index in [0.717, 1.165) is 24.1 Å². The van der Waals surface area contributed by atoms with Crippen LogP contribution in [0.2, 0.25) is 0 Å². The van der Waals surface area contributed by atoms with Gasteiger partial charge >= 0.3 is 6.18 Å². The molecule has 0 N–H and O–H groups in total. The number of benzene rings is 1. The third-order valence-corrected chi connectivity index (χ3v) is 4.84. The third kappa shape index (κ3) is 4.89. The number of rotatable bonds is 7. The van der Waals surface area contributed by atoms with Gasteiger partial charge in [-0.15, -0.1) is 0 Å². The summed E-state index contributed by atoms with van der Waals surface area (Å²) < 4.78 is 49.0. The van der Waals surface area contributed by atoms with Crippen LogP contribution < -0.4 is 0 Å².